The van der Waals surface area contributed by atoms with Gasteiger partial charge in [0.25, 0.3) is 5.91 Å². The van der Waals surface area contributed by atoms with Gasteiger partial charge in [0.2, 0.25) is 0 Å². The molecule has 0 aliphatic carbocycles. The van der Waals surface area contributed by atoms with Crippen LogP contribution in [0.25, 0.3) is 0 Å². The smallest absolute Gasteiger partial charge is 0.254 e. The molecule has 0 unspecified atom stereocenters. The highest BCUT2D eigenvalue weighted by Gasteiger charge is 2.27. The van der Waals surface area contributed by atoms with E-state index in [0.29, 0.717) is 0 Å². The van der Waals surface area contributed by atoms with Crippen molar-refractivity contribution in [2.75, 3.05) is 19.6 Å². The van der Waals surface area contributed by atoms with Crippen LogP contribution in [-0.2, 0) is 19.5 Å². The fourth-order valence-electron chi connectivity index (χ4n) is 3.67. The van der Waals surface area contributed by atoms with Crippen molar-refractivity contribution < 1.29 is 9.32 Å². The zero-order valence-electron chi connectivity index (χ0n) is 16.3. The lowest BCUT2D eigenvalue weighted by atomic mass is 10.0. The normalized spacial score (nSPS) is 14.5. The minimum Gasteiger partial charge on any atom is -0.361 e. The number of aryl methyl sites for hydroxylation is 2. The molecule has 3 rings (SSSR count). The monoisotopic (exact) mass is 375 g/mol. The average molecular weight is 376 g/mol. The standard InChI is InChI=1S/C20H29N3O2S/c1-5-8-23(9-6-2)20(24)18-13-26-19-12-22(10-7-16(18)19)11-17-14(3)21-25-15(17)4/h13H,5-12H2,1-4H3. The van der Waals surface area contributed by atoms with Crippen molar-refractivity contribution >= 4 is 17.2 Å². The maximum atomic E-state index is 13.0. The van der Waals surface area contributed by atoms with Gasteiger partial charge in [-0.1, -0.05) is 19.0 Å². The van der Waals surface area contributed by atoms with Gasteiger partial charge >= 0.3 is 0 Å². The Morgan fingerprint density at radius 1 is 1.31 bits per heavy atom. The molecular weight excluding hydrogens is 346 g/mol. The lowest BCUT2D eigenvalue weighted by molar-refractivity contribution is 0.0754. The van der Waals surface area contributed by atoms with Crippen molar-refractivity contribution in [1.82, 2.24) is 15.0 Å². The molecule has 0 aromatic carbocycles. The molecule has 0 radical (unpaired) electrons. The molecule has 1 amide bonds. The van der Waals surface area contributed by atoms with E-state index in [9.17, 15) is 4.79 Å². The molecule has 0 spiro atoms. The molecule has 0 bridgehead atoms. The summed E-state index contributed by atoms with van der Waals surface area (Å²) in [6.45, 7) is 12.7. The van der Waals surface area contributed by atoms with E-state index in [1.54, 1.807) is 11.3 Å². The highest BCUT2D eigenvalue weighted by Crippen LogP contribution is 2.31. The van der Waals surface area contributed by atoms with Gasteiger partial charge in [0.15, 0.2) is 0 Å². The van der Waals surface area contributed by atoms with Gasteiger partial charge in [-0.15, -0.1) is 11.3 Å². The lowest BCUT2D eigenvalue weighted by Crippen LogP contribution is -2.34. The number of amides is 1. The van der Waals surface area contributed by atoms with E-state index >= 15 is 0 Å². The third kappa shape index (κ3) is 3.86. The number of fused-ring (bicyclic) bond motifs is 1. The minimum absolute atomic E-state index is 0.213. The molecule has 1 aliphatic rings. The van der Waals surface area contributed by atoms with Gasteiger partial charge in [0, 0.05) is 48.5 Å². The third-order valence-corrected chi connectivity index (χ3v) is 6.11. The molecule has 26 heavy (non-hydrogen) atoms. The van der Waals surface area contributed by atoms with Crippen molar-refractivity contribution in [2.45, 2.75) is 60.0 Å². The summed E-state index contributed by atoms with van der Waals surface area (Å²) >= 11 is 1.73. The van der Waals surface area contributed by atoms with Crippen LogP contribution in [0.1, 0.15) is 64.5 Å². The molecule has 5 nitrogen and oxygen atoms in total. The first-order valence-corrected chi connectivity index (χ1v) is 10.5. The van der Waals surface area contributed by atoms with Gasteiger partial charge in [-0.05, 0) is 38.7 Å². The van der Waals surface area contributed by atoms with E-state index in [0.717, 1.165) is 69.0 Å². The predicted molar refractivity (Wildman–Crippen MR) is 105 cm³/mol. The summed E-state index contributed by atoms with van der Waals surface area (Å²) in [6.07, 6.45) is 2.95. The van der Waals surface area contributed by atoms with E-state index in [1.165, 1.54) is 16.0 Å². The summed E-state index contributed by atoms with van der Waals surface area (Å²) in [5, 5.41) is 6.13. The maximum absolute atomic E-state index is 13.0. The van der Waals surface area contributed by atoms with Crippen LogP contribution >= 0.6 is 11.3 Å². The number of carbonyl (C=O) groups excluding carboxylic acids is 1. The largest absolute Gasteiger partial charge is 0.361 e. The summed E-state index contributed by atoms with van der Waals surface area (Å²) in [5.41, 5.74) is 4.37. The van der Waals surface area contributed by atoms with E-state index in [2.05, 4.69) is 29.3 Å². The second kappa shape index (κ2) is 8.35. The molecular formula is C20H29N3O2S. The van der Waals surface area contributed by atoms with Crippen LogP contribution < -0.4 is 0 Å². The van der Waals surface area contributed by atoms with Crippen LogP contribution in [-0.4, -0.2) is 40.5 Å². The Hall–Kier alpha value is -1.66. The van der Waals surface area contributed by atoms with Crippen LogP contribution in [0.5, 0.6) is 0 Å². The first kappa shape index (κ1) is 19.1. The molecule has 1 aliphatic heterocycles. The van der Waals surface area contributed by atoms with Gasteiger partial charge in [-0.25, -0.2) is 0 Å². The Kier molecular flexibility index (Phi) is 6.14. The maximum Gasteiger partial charge on any atom is 0.254 e. The number of hydrogen-bond acceptors (Lipinski definition) is 5. The van der Waals surface area contributed by atoms with Crippen LogP contribution in [0.4, 0.5) is 0 Å². The molecule has 0 saturated carbocycles. The molecule has 142 valence electrons. The number of hydrogen-bond donors (Lipinski definition) is 0. The zero-order valence-corrected chi connectivity index (χ0v) is 17.1. The zero-order chi connectivity index (χ0) is 18.7. The molecule has 2 aromatic rings. The fourth-order valence-corrected chi connectivity index (χ4v) is 4.79. The van der Waals surface area contributed by atoms with E-state index in [-0.39, 0.29) is 5.91 Å². The van der Waals surface area contributed by atoms with Crippen molar-refractivity contribution in [3.63, 3.8) is 0 Å². The van der Waals surface area contributed by atoms with Crippen LogP contribution in [0.2, 0.25) is 0 Å². The van der Waals surface area contributed by atoms with Crippen LogP contribution in [0.15, 0.2) is 9.90 Å². The Balaban J connectivity index is 1.73. The van der Waals surface area contributed by atoms with Gasteiger partial charge in [-0.2, -0.15) is 0 Å². The number of carbonyl (C=O) groups is 1. The number of rotatable bonds is 7. The number of thiophene rings is 1. The second-order valence-electron chi connectivity index (χ2n) is 7.11. The minimum atomic E-state index is 0.213. The Morgan fingerprint density at radius 2 is 2.04 bits per heavy atom. The van der Waals surface area contributed by atoms with Crippen molar-refractivity contribution in [3.8, 4) is 0 Å². The molecule has 2 aromatic heterocycles. The summed E-state index contributed by atoms with van der Waals surface area (Å²) < 4.78 is 5.29. The van der Waals surface area contributed by atoms with Gasteiger partial charge in [-0.3, -0.25) is 9.69 Å². The Labute approximate surface area is 160 Å². The van der Waals surface area contributed by atoms with Gasteiger partial charge in [0.05, 0.1) is 11.3 Å². The summed E-state index contributed by atoms with van der Waals surface area (Å²) in [7, 11) is 0. The Bertz CT molecular complexity index is 740. The van der Waals surface area contributed by atoms with E-state index < -0.39 is 0 Å². The highest BCUT2D eigenvalue weighted by atomic mass is 32.1. The summed E-state index contributed by atoms with van der Waals surface area (Å²) in [4.78, 5) is 18.8. The van der Waals surface area contributed by atoms with Crippen molar-refractivity contribution in [2.24, 2.45) is 0 Å². The molecule has 0 N–H and O–H groups in total. The predicted octanol–water partition coefficient (Wildman–Crippen LogP) is 4.17. The average Bonchev–Trinajstić information content (AvgIpc) is 3.19. The van der Waals surface area contributed by atoms with Crippen LogP contribution in [0.3, 0.4) is 0 Å². The summed E-state index contributed by atoms with van der Waals surface area (Å²) in [6, 6.07) is 0. The fraction of sp³-hybridized carbons (Fsp3) is 0.600. The molecule has 0 atom stereocenters. The SMILES string of the molecule is CCCN(CCC)C(=O)c1csc2c1CCN(Cc1c(C)noc1C)C2. The molecule has 3 heterocycles. The molecule has 0 fully saturated rings. The topological polar surface area (TPSA) is 49.6 Å². The van der Waals surface area contributed by atoms with E-state index in [1.807, 2.05) is 18.7 Å². The van der Waals surface area contributed by atoms with E-state index in [4.69, 9.17) is 4.52 Å². The quantitative estimate of drug-likeness (QED) is 0.729. The van der Waals surface area contributed by atoms with Gasteiger partial charge in [0.1, 0.15) is 5.76 Å². The Morgan fingerprint density at radius 3 is 2.65 bits per heavy atom. The second-order valence-corrected chi connectivity index (χ2v) is 8.07. The van der Waals surface area contributed by atoms with Crippen molar-refractivity contribution in [3.05, 3.63) is 38.4 Å². The molecule has 0 saturated heterocycles. The van der Waals surface area contributed by atoms with Gasteiger partial charge < -0.3 is 9.42 Å². The lowest BCUT2D eigenvalue weighted by Gasteiger charge is -2.28. The van der Waals surface area contributed by atoms with Crippen LogP contribution in [0, 0.1) is 13.8 Å². The first-order valence-electron chi connectivity index (χ1n) is 9.57. The highest BCUT2D eigenvalue weighted by molar-refractivity contribution is 7.10. The number of aromatic nitrogens is 1. The number of nitrogens with zero attached hydrogens (tertiary/aromatic N) is 3. The third-order valence-electron chi connectivity index (χ3n) is 5.09. The summed E-state index contributed by atoms with van der Waals surface area (Å²) in [5.74, 6) is 1.12. The van der Waals surface area contributed by atoms with Crippen molar-refractivity contribution in [1.29, 1.82) is 0 Å². The molecule has 6 heteroatoms. The first-order chi connectivity index (χ1) is 12.5.